The standard InChI is InChI=1S/C15H23N3O4S2.ClH/c1-13-12-16-7-10-18(13)24(21,22)15-6-4-5-14(11-15)23(19,20)17-8-2-3-9-17;/h4-6,11,13,16H,2-3,7-10,12H2,1H3;1H. The van der Waals surface area contributed by atoms with E-state index in [9.17, 15) is 16.8 Å². The predicted molar refractivity (Wildman–Crippen MR) is 97.9 cm³/mol. The lowest BCUT2D eigenvalue weighted by Gasteiger charge is -2.32. The maximum absolute atomic E-state index is 12.9. The minimum absolute atomic E-state index is 0. The molecule has 2 saturated heterocycles. The van der Waals surface area contributed by atoms with Crippen molar-refractivity contribution in [1.82, 2.24) is 13.9 Å². The molecule has 2 aliphatic rings. The van der Waals surface area contributed by atoms with Gasteiger partial charge in [-0.05, 0) is 38.0 Å². The SMILES string of the molecule is CC1CNCCN1S(=O)(=O)c1cccc(S(=O)(=O)N2CCCC2)c1.Cl. The van der Waals surface area contributed by atoms with Crippen LogP contribution in [-0.4, -0.2) is 64.2 Å². The van der Waals surface area contributed by atoms with Crippen molar-refractivity contribution in [3.05, 3.63) is 24.3 Å². The summed E-state index contributed by atoms with van der Waals surface area (Å²) in [5, 5.41) is 3.15. The van der Waals surface area contributed by atoms with Crippen LogP contribution < -0.4 is 5.32 Å². The molecule has 1 aromatic carbocycles. The van der Waals surface area contributed by atoms with Crippen LogP contribution in [-0.2, 0) is 20.0 Å². The van der Waals surface area contributed by atoms with Gasteiger partial charge in [-0.1, -0.05) is 6.07 Å². The van der Waals surface area contributed by atoms with Crippen molar-refractivity contribution < 1.29 is 16.8 Å². The first-order valence-corrected chi connectivity index (χ1v) is 11.0. The summed E-state index contributed by atoms with van der Waals surface area (Å²) in [6, 6.07) is 5.56. The van der Waals surface area contributed by atoms with E-state index in [4.69, 9.17) is 0 Å². The molecule has 1 atom stereocenters. The number of piperazine rings is 1. The fourth-order valence-corrected chi connectivity index (χ4v) is 6.50. The maximum atomic E-state index is 12.9. The molecule has 2 heterocycles. The van der Waals surface area contributed by atoms with Crippen LogP contribution in [0.25, 0.3) is 0 Å². The largest absolute Gasteiger partial charge is 0.314 e. The van der Waals surface area contributed by atoms with Crippen LogP contribution >= 0.6 is 12.4 Å². The maximum Gasteiger partial charge on any atom is 0.243 e. The summed E-state index contributed by atoms with van der Waals surface area (Å²) in [4.78, 5) is 0.0878. The van der Waals surface area contributed by atoms with E-state index >= 15 is 0 Å². The minimum Gasteiger partial charge on any atom is -0.314 e. The molecule has 0 bridgehead atoms. The topological polar surface area (TPSA) is 86.8 Å². The molecule has 142 valence electrons. The molecule has 0 spiro atoms. The zero-order valence-corrected chi connectivity index (χ0v) is 16.5. The van der Waals surface area contributed by atoms with Crippen LogP contribution in [0.1, 0.15) is 19.8 Å². The van der Waals surface area contributed by atoms with E-state index in [2.05, 4.69) is 5.32 Å². The molecule has 0 aromatic heterocycles. The van der Waals surface area contributed by atoms with E-state index in [-0.39, 0.29) is 28.2 Å². The van der Waals surface area contributed by atoms with Gasteiger partial charge in [0.15, 0.2) is 0 Å². The lowest BCUT2D eigenvalue weighted by Crippen LogP contribution is -2.52. The fourth-order valence-electron chi connectivity index (χ4n) is 3.19. The Morgan fingerprint density at radius 1 is 1.00 bits per heavy atom. The quantitative estimate of drug-likeness (QED) is 0.797. The van der Waals surface area contributed by atoms with Gasteiger partial charge >= 0.3 is 0 Å². The molecule has 2 fully saturated rings. The molecular formula is C15H24ClN3O4S2. The van der Waals surface area contributed by atoms with Crippen molar-refractivity contribution >= 4 is 32.5 Å². The van der Waals surface area contributed by atoms with Crippen molar-refractivity contribution in [3.63, 3.8) is 0 Å². The Balaban J connectivity index is 0.00000225. The van der Waals surface area contributed by atoms with Gasteiger partial charge in [0, 0.05) is 38.8 Å². The summed E-state index contributed by atoms with van der Waals surface area (Å²) in [7, 11) is -7.33. The average Bonchev–Trinajstić information content (AvgIpc) is 3.10. The van der Waals surface area contributed by atoms with Gasteiger partial charge in [-0.25, -0.2) is 16.8 Å². The molecule has 0 amide bonds. The van der Waals surface area contributed by atoms with Crippen molar-refractivity contribution in [2.24, 2.45) is 0 Å². The number of nitrogens with zero attached hydrogens (tertiary/aromatic N) is 2. The van der Waals surface area contributed by atoms with Crippen LogP contribution in [0, 0.1) is 0 Å². The summed E-state index contributed by atoms with van der Waals surface area (Å²) >= 11 is 0. The molecule has 7 nitrogen and oxygen atoms in total. The van der Waals surface area contributed by atoms with E-state index in [0.717, 1.165) is 12.8 Å². The van der Waals surface area contributed by atoms with Gasteiger partial charge in [0.2, 0.25) is 20.0 Å². The Morgan fingerprint density at radius 3 is 2.20 bits per heavy atom. The summed E-state index contributed by atoms with van der Waals surface area (Å²) in [6.07, 6.45) is 1.69. The normalized spacial score (nSPS) is 23.3. The van der Waals surface area contributed by atoms with E-state index in [1.807, 2.05) is 6.92 Å². The van der Waals surface area contributed by atoms with Crippen molar-refractivity contribution in [3.8, 4) is 0 Å². The van der Waals surface area contributed by atoms with Crippen LogP contribution in [0.15, 0.2) is 34.1 Å². The highest BCUT2D eigenvalue weighted by Gasteiger charge is 2.33. The van der Waals surface area contributed by atoms with Crippen LogP contribution in [0.2, 0.25) is 0 Å². The Bertz CT molecular complexity index is 808. The molecule has 1 unspecified atom stereocenters. The number of sulfonamides is 2. The van der Waals surface area contributed by atoms with Gasteiger partial charge in [-0.2, -0.15) is 8.61 Å². The first-order valence-electron chi connectivity index (χ1n) is 8.16. The number of rotatable bonds is 4. The predicted octanol–water partition coefficient (Wildman–Crippen LogP) is 0.875. The van der Waals surface area contributed by atoms with Crippen molar-refractivity contribution in [2.75, 3.05) is 32.7 Å². The van der Waals surface area contributed by atoms with Crippen LogP contribution in [0.3, 0.4) is 0 Å². The third-order valence-corrected chi connectivity index (χ3v) is 8.46. The molecule has 2 aliphatic heterocycles. The molecule has 1 aromatic rings. The second-order valence-electron chi connectivity index (χ2n) is 6.25. The number of hydrogen-bond acceptors (Lipinski definition) is 5. The Morgan fingerprint density at radius 2 is 1.60 bits per heavy atom. The summed E-state index contributed by atoms with van der Waals surface area (Å²) in [5.41, 5.74) is 0. The van der Waals surface area contributed by atoms with Crippen molar-refractivity contribution in [1.29, 1.82) is 0 Å². The first-order chi connectivity index (χ1) is 11.3. The number of benzene rings is 1. The monoisotopic (exact) mass is 409 g/mol. The highest BCUT2D eigenvalue weighted by atomic mass is 35.5. The van der Waals surface area contributed by atoms with E-state index in [1.165, 1.54) is 32.9 Å². The smallest absolute Gasteiger partial charge is 0.243 e. The van der Waals surface area contributed by atoms with Gasteiger partial charge < -0.3 is 5.32 Å². The third kappa shape index (κ3) is 4.01. The van der Waals surface area contributed by atoms with Crippen LogP contribution in [0.5, 0.6) is 0 Å². The van der Waals surface area contributed by atoms with E-state index < -0.39 is 20.0 Å². The number of nitrogens with one attached hydrogen (secondary N) is 1. The van der Waals surface area contributed by atoms with E-state index in [1.54, 1.807) is 0 Å². The zero-order chi connectivity index (χ0) is 17.4. The molecule has 3 rings (SSSR count). The van der Waals surface area contributed by atoms with Gasteiger partial charge in [0.1, 0.15) is 0 Å². The highest BCUT2D eigenvalue weighted by Crippen LogP contribution is 2.25. The minimum atomic E-state index is -3.71. The van der Waals surface area contributed by atoms with Gasteiger partial charge in [-0.3, -0.25) is 0 Å². The van der Waals surface area contributed by atoms with Gasteiger partial charge in [-0.15, -0.1) is 12.4 Å². The Labute approximate surface area is 155 Å². The molecule has 1 N–H and O–H groups in total. The molecule has 0 aliphatic carbocycles. The van der Waals surface area contributed by atoms with E-state index in [0.29, 0.717) is 32.7 Å². The van der Waals surface area contributed by atoms with Gasteiger partial charge in [0.05, 0.1) is 9.79 Å². The van der Waals surface area contributed by atoms with Crippen molar-refractivity contribution in [2.45, 2.75) is 35.6 Å². The number of hydrogen-bond donors (Lipinski definition) is 1. The highest BCUT2D eigenvalue weighted by molar-refractivity contribution is 7.90. The molecule has 0 radical (unpaired) electrons. The Hall–Kier alpha value is -0.710. The van der Waals surface area contributed by atoms with Crippen LogP contribution in [0.4, 0.5) is 0 Å². The molecule has 10 heteroatoms. The summed E-state index contributed by atoms with van der Waals surface area (Å²) in [5.74, 6) is 0. The Kier molecular flexibility index (Phi) is 6.50. The van der Waals surface area contributed by atoms with Gasteiger partial charge in [0.25, 0.3) is 0 Å². The zero-order valence-electron chi connectivity index (χ0n) is 14.1. The third-order valence-electron chi connectivity index (χ3n) is 4.56. The molecular weight excluding hydrogens is 386 g/mol. The lowest BCUT2D eigenvalue weighted by atomic mass is 10.3. The molecule has 0 saturated carbocycles. The summed E-state index contributed by atoms with van der Waals surface area (Å²) < 4.78 is 54.0. The lowest BCUT2D eigenvalue weighted by molar-refractivity contribution is 0.284. The second-order valence-corrected chi connectivity index (χ2v) is 10.1. The number of halogens is 1. The fraction of sp³-hybridized carbons (Fsp3) is 0.600. The summed E-state index contributed by atoms with van der Waals surface area (Å²) in [6.45, 7) is 4.39. The second kappa shape index (κ2) is 7.89. The average molecular weight is 410 g/mol. The molecule has 25 heavy (non-hydrogen) atoms. The first kappa shape index (κ1) is 20.6.